The second kappa shape index (κ2) is 7.28. The zero-order valence-electron chi connectivity index (χ0n) is 7.53. The first kappa shape index (κ1) is 11.6. The van der Waals surface area contributed by atoms with Crippen molar-refractivity contribution in [2.45, 2.75) is 25.7 Å². The molecule has 0 saturated carbocycles. The number of unbranched alkanes of at least 4 members (excludes halogenated alkanes) is 2. The van der Waals surface area contributed by atoms with Gasteiger partial charge >= 0.3 is 0 Å². The van der Waals surface area contributed by atoms with E-state index in [1.54, 1.807) is 6.08 Å². The first-order chi connectivity index (χ1) is 6.20. The van der Waals surface area contributed by atoms with Gasteiger partial charge in [0.05, 0.1) is 5.76 Å². The number of carbonyl (C=O) groups excluding carboxylic acids is 2. The zero-order valence-corrected chi connectivity index (χ0v) is 7.53. The Morgan fingerprint density at radius 3 is 2.46 bits per heavy atom. The number of hydrogen-bond donors (Lipinski definition) is 1. The van der Waals surface area contributed by atoms with E-state index < -0.39 is 0 Å². The van der Waals surface area contributed by atoms with Crippen LogP contribution in [0.15, 0.2) is 24.0 Å². The molecule has 0 radical (unpaired) electrons. The Hall–Kier alpha value is -1.38. The van der Waals surface area contributed by atoms with E-state index in [0.29, 0.717) is 24.7 Å². The minimum atomic E-state index is -0.0197. The first-order valence-corrected chi connectivity index (χ1v) is 4.15. The number of aliphatic hydroxyl groups excluding tert-OH is 1. The van der Waals surface area contributed by atoms with Crippen molar-refractivity contribution in [1.82, 2.24) is 0 Å². The second-order valence-electron chi connectivity index (χ2n) is 2.74. The van der Waals surface area contributed by atoms with Crippen LogP contribution in [0.2, 0.25) is 0 Å². The summed E-state index contributed by atoms with van der Waals surface area (Å²) in [5.74, 6) is -0.0197. The van der Waals surface area contributed by atoms with Gasteiger partial charge in [0.1, 0.15) is 12.6 Å². The standard InChI is InChI=1S/C10H14O3/c1-9(13)7-10(8-12)5-3-2-4-6-11/h5-6,8,13H,1-4,7H2. The molecule has 0 fully saturated rings. The van der Waals surface area contributed by atoms with E-state index >= 15 is 0 Å². The number of carbonyl (C=O) groups is 2. The quantitative estimate of drug-likeness (QED) is 0.283. The normalized spacial score (nSPS) is 10.9. The lowest BCUT2D eigenvalue weighted by Crippen LogP contribution is -1.88. The molecule has 3 nitrogen and oxygen atoms in total. The van der Waals surface area contributed by atoms with Crippen molar-refractivity contribution in [3.05, 3.63) is 24.0 Å². The van der Waals surface area contributed by atoms with Crippen molar-refractivity contribution in [2.75, 3.05) is 0 Å². The van der Waals surface area contributed by atoms with Crippen molar-refractivity contribution < 1.29 is 14.7 Å². The van der Waals surface area contributed by atoms with Crippen LogP contribution in [0.5, 0.6) is 0 Å². The third-order valence-electron chi connectivity index (χ3n) is 1.49. The molecule has 0 heterocycles. The van der Waals surface area contributed by atoms with Gasteiger partial charge in [0.15, 0.2) is 0 Å². The van der Waals surface area contributed by atoms with E-state index in [-0.39, 0.29) is 12.2 Å². The fourth-order valence-corrected chi connectivity index (χ4v) is 0.886. The lowest BCUT2D eigenvalue weighted by molar-refractivity contribution is -0.108. The summed E-state index contributed by atoms with van der Waals surface area (Å²) in [5.41, 5.74) is 0.512. The van der Waals surface area contributed by atoms with Gasteiger partial charge in [-0.25, -0.2) is 0 Å². The Labute approximate surface area is 77.8 Å². The summed E-state index contributed by atoms with van der Waals surface area (Å²) in [7, 11) is 0. The highest BCUT2D eigenvalue weighted by molar-refractivity contribution is 5.73. The molecule has 72 valence electrons. The summed E-state index contributed by atoms with van der Waals surface area (Å²) in [6, 6.07) is 0. The Morgan fingerprint density at radius 2 is 2.00 bits per heavy atom. The van der Waals surface area contributed by atoms with Gasteiger partial charge in [0.2, 0.25) is 0 Å². The summed E-state index contributed by atoms with van der Waals surface area (Å²) < 4.78 is 0. The third kappa shape index (κ3) is 7.00. The largest absolute Gasteiger partial charge is 0.513 e. The Balaban J connectivity index is 3.84. The van der Waals surface area contributed by atoms with Crippen LogP contribution in [0.3, 0.4) is 0 Å². The molecule has 0 aliphatic rings. The highest BCUT2D eigenvalue weighted by Crippen LogP contribution is 2.06. The predicted molar refractivity (Wildman–Crippen MR) is 50.4 cm³/mol. The van der Waals surface area contributed by atoms with Gasteiger partial charge in [-0.2, -0.15) is 0 Å². The summed E-state index contributed by atoms with van der Waals surface area (Å²) in [4.78, 5) is 20.4. The molecule has 0 aliphatic heterocycles. The topological polar surface area (TPSA) is 54.4 Å². The maximum absolute atomic E-state index is 10.4. The van der Waals surface area contributed by atoms with Crippen LogP contribution >= 0.6 is 0 Å². The van der Waals surface area contributed by atoms with Gasteiger partial charge in [-0.3, -0.25) is 4.79 Å². The molecule has 0 saturated heterocycles. The fourth-order valence-electron chi connectivity index (χ4n) is 0.886. The molecular formula is C10H14O3. The van der Waals surface area contributed by atoms with Gasteiger partial charge in [-0.1, -0.05) is 12.7 Å². The van der Waals surface area contributed by atoms with Crippen LogP contribution < -0.4 is 0 Å². The molecular weight excluding hydrogens is 168 g/mol. The van der Waals surface area contributed by atoms with E-state index in [1.807, 2.05) is 0 Å². The Morgan fingerprint density at radius 1 is 1.31 bits per heavy atom. The van der Waals surface area contributed by atoms with Crippen LogP contribution in [0.4, 0.5) is 0 Å². The average Bonchev–Trinajstić information content (AvgIpc) is 2.09. The maximum Gasteiger partial charge on any atom is 0.146 e. The zero-order chi connectivity index (χ0) is 10.1. The Bertz CT molecular complexity index is 216. The van der Waals surface area contributed by atoms with Crippen LogP contribution in [0, 0.1) is 0 Å². The van der Waals surface area contributed by atoms with Crippen LogP contribution in [0.25, 0.3) is 0 Å². The molecule has 13 heavy (non-hydrogen) atoms. The van der Waals surface area contributed by atoms with E-state index in [4.69, 9.17) is 5.11 Å². The molecule has 0 bridgehead atoms. The van der Waals surface area contributed by atoms with Crippen molar-refractivity contribution in [3.63, 3.8) is 0 Å². The molecule has 0 atom stereocenters. The minimum absolute atomic E-state index is 0.0197. The molecule has 0 spiro atoms. The van der Waals surface area contributed by atoms with E-state index in [0.717, 1.165) is 12.7 Å². The molecule has 0 unspecified atom stereocenters. The summed E-state index contributed by atoms with van der Waals surface area (Å²) in [5, 5.41) is 8.81. The predicted octanol–water partition coefficient (Wildman–Crippen LogP) is 1.94. The molecule has 0 aromatic rings. The van der Waals surface area contributed by atoms with Crippen molar-refractivity contribution >= 4 is 12.6 Å². The molecule has 0 amide bonds. The van der Waals surface area contributed by atoms with Gasteiger partial charge in [-0.15, -0.1) is 0 Å². The lowest BCUT2D eigenvalue weighted by Gasteiger charge is -1.97. The fraction of sp³-hybridized carbons (Fsp3) is 0.400. The summed E-state index contributed by atoms with van der Waals surface area (Å²) in [6.45, 7) is 3.29. The summed E-state index contributed by atoms with van der Waals surface area (Å²) in [6.07, 6.45) is 5.38. The average molecular weight is 182 g/mol. The van der Waals surface area contributed by atoms with Crippen LogP contribution in [0.1, 0.15) is 25.7 Å². The van der Waals surface area contributed by atoms with Crippen molar-refractivity contribution in [1.29, 1.82) is 0 Å². The third-order valence-corrected chi connectivity index (χ3v) is 1.49. The highest BCUT2D eigenvalue weighted by atomic mass is 16.3. The van der Waals surface area contributed by atoms with Gasteiger partial charge < -0.3 is 9.90 Å². The first-order valence-electron chi connectivity index (χ1n) is 4.15. The van der Waals surface area contributed by atoms with Gasteiger partial charge in [0.25, 0.3) is 0 Å². The molecule has 0 aliphatic carbocycles. The van der Waals surface area contributed by atoms with Crippen LogP contribution in [-0.4, -0.2) is 17.7 Å². The summed E-state index contributed by atoms with van der Waals surface area (Å²) >= 11 is 0. The lowest BCUT2D eigenvalue weighted by atomic mass is 10.1. The molecule has 3 heteroatoms. The number of aliphatic hydroxyl groups is 1. The van der Waals surface area contributed by atoms with Crippen molar-refractivity contribution in [3.8, 4) is 0 Å². The van der Waals surface area contributed by atoms with Gasteiger partial charge in [-0.05, 0) is 18.4 Å². The number of hydrogen-bond acceptors (Lipinski definition) is 3. The smallest absolute Gasteiger partial charge is 0.146 e. The van der Waals surface area contributed by atoms with Crippen LogP contribution in [-0.2, 0) is 9.59 Å². The maximum atomic E-state index is 10.4. The minimum Gasteiger partial charge on any atom is -0.513 e. The molecule has 1 N–H and O–H groups in total. The van der Waals surface area contributed by atoms with E-state index in [1.165, 1.54) is 0 Å². The van der Waals surface area contributed by atoms with E-state index in [9.17, 15) is 9.59 Å². The van der Waals surface area contributed by atoms with Gasteiger partial charge in [0, 0.05) is 12.8 Å². The van der Waals surface area contributed by atoms with E-state index in [2.05, 4.69) is 6.58 Å². The molecule has 0 aromatic heterocycles. The Kier molecular flexibility index (Phi) is 6.51. The number of aldehydes is 2. The SMILES string of the molecule is C=C(O)CC(C=O)=CCCCC=O. The number of rotatable bonds is 7. The molecule has 0 rings (SSSR count). The molecule has 0 aromatic carbocycles. The second-order valence-corrected chi connectivity index (χ2v) is 2.74. The van der Waals surface area contributed by atoms with Crippen molar-refractivity contribution in [2.24, 2.45) is 0 Å². The highest BCUT2D eigenvalue weighted by Gasteiger charge is 1.96. The monoisotopic (exact) mass is 182 g/mol. The number of allylic oxidation sites excluding steroid dienone is 2.